The number of anilines is 1. The summed E-state index contributed by atoms with van der Waals surface area (Å²) in [6.07, 6.45) is -6.41. The molecule has 0 saturated carbocycles. The summed E-state index contributed by atoms with van der Waals surface area (Å²) in [4.78, 5) is 35.0. The average molecular weight is 493 g/mol. The van der Waals surface area contributed by atoms with Crippen LogP contribution in [0, 0.1) is 6.92 Å². The van der Waals surface area contributed by atoms with E-state index in [2.05, 4.69) is 32.2 Å². The predicted molar refractivity (Wildman–Crippen MR) is 118 cm³/mol. The molecule has 0 atom stereocenters. The molecule has 12 heteroatoms. The maximum atomic E-state index is 13.5. The molecule has 0 fully saturated rings. The fraction of sp³-hybridized carbons (Fsp3) is 0.217. The highest BCUT2D eigenvalue weighted by Crippen LogP contribution is 2.31. The number of aromatic amines is 1. The summed E-state index contributed by atoms with van der Waals surface area (Å²) in [6, 6.07) is 5.45. The first-order valence-electron chi connectivity index (χ1n) is 10.1. The molecule has 1 aromatic carbocycles. The van der Waals surface area contributed by atoms with E-state index in [9.17, 15) is 31.5 Å². The summed E-state index contributed by atoms with van der Waals surface area (Å²) in [6.45, 7) is 6.51. The number of carbonyl (C=O) groups excluding carboxylic acids is 2. The summed E-state index contributed by atoms with van der Waals surface area (Å²) >= 11 is 0. The number of aryl methyl sites for hydroxylation is 1. The first-order chi connectivity index (χ1) is 16.4. The Balaban J connectivity index is 1.83. The smallest absolute Gasteiger partial charge is 0.348 e. The molecule has 0 unspecified atom stereocenters. The van der Waals surface area contributed by atoms with Crippen LogP contribution in [0.5, 0.6) is 0 Å². The summed E-state index contributed by atoms with van der Waals surface area (Å²) < 4.78 is 65.3. The molecule has 0 radical (unpaired) electrons. The third-order valence-electron chi connectivity index (χ3n) is 4.87. The maximum absolute atomic E-state index is 13.5. The van der Waals surface area contributed by atoms with Gasteiger partial charge in [-0.25, -0.2) is 13.8 Å². The number of halogens is 5. The van der Waals surface area contributed by atoms with E-state index in [0.717, 1.165) is 18.3 Å². The van der Waals surface area contributed by atoms with Crippen LogP contribution < -0.4 is 10.6 Å². The number of pyridine rings is 1. The molecule has 2 heterocycles. The molecule has 3 rings (SSSR count). The van der Waals surface area contributed by atoms with Gasteiger partial charge >= 0.3 is 6.18 Å². The second-order valence-corrected chi connectivity index (χ2v) is 7.63. The minimum atomic E-state index is -4.49. The van der Waals surface area contributed by atoms with Crippen molar-refractivity contribution < 1.29 is 31.5 Å². The molecule has 7 nitrogen and oxygen atoms in total. The van der Waals surface area contributed by atoms with Gasteiger partial charge in [-0.1, -0.05) is 18.7 Å². The molecule has 0 aliphatic carbocycles. The number of rotatable bonds is 7. The van der Waals surface area contributed by atoms with E-state index in [1.165, 1.54) is 25.1 Å². The van der Waals surface area contributed by atoms with Gasteiger partial charge in [0.05, 0.1) is 16.8 Å². The quantitative estimate of drug-likeness (QED) is 0.312. The molecular weight excluding hydrogens is 473 g/mol. The molecule has 184 valence electrons. The van der Waals surface area contributed by atoms with Crippen LogP contribution in [-0.4, -0.2) is 26.8 Å². The highest BCUT2D eigenvalue weighted by atomic mass is 19.4. The van der Waals surface area contributed by atoms with Gasteiger partial charge in [-0.15, -0.1) is 0 Å². The highest BCUT2D eigenvalue weighted by molar-refractivity contribution is 6.04. The number of H-pyrrole nitrogens is 1. The highest BCUT2D eigenvalue weighted by Gasteiger charge is 2.30. The van der Waals surface area contributed by atoms with Crippen LogP contribution >= 0.6 is 0 Å². The summed E-state index contributed by atoms with van der Waals surface area (Å²) in [5.74, 6) is -1.48. The van der Waals surface area contributed by atoms with Gasteiger partial charge in [0.2, 0.25) is 11.9 Å². The normalized spacial score (nSPS) is 11.4. The van der Waals surface area contributed by atoms with E-state index < -0.39 is 41.2 Å². The number of aromatic nitrogens is 3. The van der Waals surface area contributed by atoms with Crippen molar-refractivity contribution in [2.45, 2.75) is 33.0 Å². The van der Waals surface area contributed by atoms with Gasteiger partial charge in [0.1, 0.15) is 5.69 Å². The zero-order chi connectivity index (χ0) is 25.9. The van der Waals surface area contributed by atoms with E-state index >= 15 is 0 Å². The van der Waals surface area contributed by atoms with Crippen molar-refractivity contribution in [1.82, 2.24) is 20.3 Å². The number of amides is 2. The van der Waals surface area contributed by atoms with Crippen molar-refractivity contribution in [2.24, 2.45) is 0 Å². The van der Waals surface area contributed by atoms with Crippen LogP contribution in [0.1, 0.15) is 46.2 Å². The Bertz CT molecular complexity index is 1270. The van der Waals surface area contributed by atoms with Crippen molar-refractivity contribution in [2.75, 3.05) is 5.32 Å². The lowest BCUT2D eigenvalue weighted by Crippen LogP contribution is -2.24. The van der Waals surface area contributed by atoms with Crippen molar-refractivity contribution in [3.05, 3.63) is 76.8 Å². The Labute approximate surface area is 196 Å². The molecule has 0 saturated heterocycles. The molecule has 2 aromatic heterocycles. The van der Waals surface area contributed by atoms with Crippen LogP contribution in [0.25, 0.3) is 11.3 Å². The topological polar surface area (TPSA) is 99.8 Å². The number of alkyl halides is 5. The van der Waals surface area contributed by atoms with E-state index in [1.54, 1.807) is 6.92 Å². The zero-order valence-corrected chi connectivity index (χ0v) is 18.6. The van der Waals surface area contributed by atoms with E-state index in [4.69, 9.17) is 0 Å². The van der Waals surface area contributed by atoms with Crippen molar-refractivity contribution in [1.29, 1.82) is 0 Å². The second kappa shape index (κ2) is 10.0. The first kappa shape index (κ1) is 25.5. The molecule has 0 aliphatic rings. The number of imidazole rings is 1. The Kier molecular flexibility index (Phi) is 7.32. The number of carbonyl (C=O) groups is 2. The van der Waals surface area contributed by atoms with Gasteiger partial charge < -0.3 is 10.3 Å². The number of hydrogen-bond donors (Lipinski definition) is 3. The van der Waals surface area contributed by atoms with Crippen molar-refractivity contribution in [3.8, 4) is 11.3 Å². The largest absolute Gasteiger partial charge is 0.416 e. The predicted octanol–water partition coefficient (Wildman–Crippen LogP) is 5.18. The maximum Gasteiger partial charge on any atom is 0.416 e. The molecule has 3 aromatic rings. The Hall–Kier alpha value is -4.09. The van der Waals surface area contributed by atoms with Gasteiger partial charge in [0.15, 0.2) is 0 Å². The van der Waals surface area contributed by atoms with E-state index in [-0.39, 0.29) is 23.8 Å². The van der Waals surface area contributed by atoms with Gasteiger partial charge in [0, 0.05) is 29.6 Å². The first-order valence-corrected chi connectivity index (χ1v) is 10.1. The van der Waals surface area contributed by atoms with Gasteiger partial charge in [-0.2, -0.15) is 13.2 Å². The lowest BCUT2D eigenvalue weighted by molar-refractivity contribution is -0.137. The SMILES string of the molecule is C=C(C)C(=O)NCc1cnc(C(F)F)c(C(=O)Nc2nc(-c3ccc(C(F)(F)F)cc3)c(C)[nH]2)c1. The van der Waals surface area contributed by atoms with Crippen LogP contribution in [0.15, 0.2) is 48.7 Å². The number of benzene rings is 1. The van der Waals surface area contributed by atoms with Crippen LogP contribution in [-0.2, 0) is 17.5 Å². The second-order valence-electron chi connectivity index (χ2n) is 7.63. The van der Waals surface area contributed by atoms with Gasteiger partial charge in [-0.3, -0.25) is 19.9 Å². The van der Waals surface area contributed by atoms with Crippen molar-refractivity contribution >= 4 is 17.8 Å². The zero-order valence-electron chi connectivity index (χ0n) is 18.6. The minimum absolute atomic E-state index is 0.0690. The Morgan fingerprint density at radius 3 is 2.40 bits per heavy atom. The standard InChI is InChI=1S/C23H20F5N5O2/c1-11(2)20(34)30-10-13-8-16(18(19(24)25)29-9-13)21(35)33-22-31-12(3)17(32-22)14-4-6-15(7-5-14)23(26,27)28/h4-9,19H,1,10H2,2-3H3,(H,30,34)(H2,31,32,33,35). The average Bonchev–Trinajstić information content (AvgIpc) is 3.16. The van der Waals surface area contributed by atoms with Crippen LogP contribution in [0.2, 0.25) is 0 Å². The molecule has 0 spiro atoms. The third-order valence-corrected chi connectivity index (χ3v) is 4.87. The van der Waals surface area contributed by atoms with E-state index in [1.807, 2.05) is 0 Å². The molecule has 0 bridgehead atoms. The number of nitrogens with one attached hydrogen (secondary N) is 3. The number of nitrogens with zero attached hydrogens (tertiary/aromatic N) is 2. The van der Waals surface area contributed by atoms with Crippen LogP contribution in [0.3, 0.4) is 0 Å². The van der Waals surface area contributed by atoms with Gasteiger partial charge in [-0.05, 0) is 37.6 Å². The molecule has 3 N–H and O–H groups in total. The van der Waals surface area contributed by atoms with Crippen LogP contribution in [0.4, 0.5) is 27.9 Å². The van der Waals surface area contributed by atoms with Crippen molar-refractivity contribution in [3.63, 3.8) is 0 Å². The molecule has 0 aliphatic heterocycles. The lowest BCUT2D eigenvalue weighted by atomic mass is 10.1. The lowest BCUT2D eigenvalue weighted by Gasteiger charge is -2.11. The molecular formula is C23H20F5N5O2. The van der Waals surface area contributed by atoms with E-state index in [0.29, 0.717) is 16.8 Å². The molecule has 2 amide bonds. The third kappa shape index (κ3) is 6.08. The summed E-state index contributed by atoms with van der Waals surface area (Å²) in [5, 5.41) is 4.89. The minimum Gasteiger partial charge on any atom is -0.348 e. The number of hydrogen-bond acceptors (Lipinski definition) is 4. The molecule has 35 heavy (non-hydrogen) atoms. The van der Waals surface area contributed by atoms with Gasteiger partial charge in [0.25, 0.3) is 12.3 Å². The fourth-order valence-corrected chi connectivity index (χ4v) is 3.10. The monoisotopic (exact) mass is 493 g/mol. The fourth-order valence-electron chi connectivity index (χ4n) is 3.10. The summed E-state index contributed by atoms with van der Waals surface area (Å²) in [7, 11) is 0. The Morgan fingerprint density at radius 1 is 1.17 bits per heavy atom. The summed E-state index contributed by atoms with van der Waals surface area (Å²) in [5.41, 5.74) is -0.393. The Morgan fingerprint density at radius 2 is 1.83 bits per heavy atom.